The largest absolute Gasteiger partial charge is 0.436 e. The van der Waals surface area contributed by atoms with Crippen LogP contribution < -0.4 is 10.1 Å². The van der Waals surface area contributed by atoms with E-state index < -0.39 is 0 Å². The molecule has 0 fully saturated rings. The lowest BCUT2D eigenvalue weighted by atomic mass is 10.3. The number of hydrogen-bond acceptors (Lipinski definition) is 5. The van der Waals surface area contributed by atoms with Gasteiger partial charge < -0.3 is 15.0 Å². The molecule has 0 unspecified atom stereocenters. The van der Waals surface area contributed by atoms with Crippen molar-refractivity contribution in [2.75, 3.05) is 11.9 Å². The highest BCUT2D eigenvalue weighted by molar-refractivity contribution is 14.1. The van der Waals surface area contributed by atoms with Crippen LogP contribution in [0.3, 0.4) is 0 Å². The molecule has 0 aliphatic rings. The van der Waals surface area contributed by atoms with Crippen LogP contribution in [0, 0.1) is 3.57 Å². The van der Waals surface area contributed by atoms with E-state index in [2.05, 4.69) is 47.8 Å². The second kappa shape index (κ2) is 5.61. The van der Waals surface area contributed by atoms with Crippen LogP contribution in [0.4, 0.5) is 5.95 Å². The van der Waals surface area contributed by atoms with Gasteiger partial charge in [-0.15, -0.1) is 0 Å². The van der Waals surface area contributed by atoms with Gasteiger partial charge >= 0.3 is 0 Å². The Balaban J connectivity index is 2.05. The van der Waals surface area contributed by atoms with Crippen LogP contribution in [0.25, 0.3) is 11.2 Å². The van der Waals surface area contributed by atoms with Crippen molar-refractivity contribution in [3.8, 4) is 11.6 Å². The lowest BCUT2D eigenvalue weighted by molar-refractivity contribution is 0.464. The quantitative estimate of drug-likeness (QED) is 0.679. The number of fused-ring (bicyclic) bond motifs is 1. The van der Waals surface area contributed by atoms with E-state index in [0.29, 0.717) is 23.0 Å². The zero-order valence-corrected chi connectivity index (χ0v) is 12.9. The smallest absolute Gasteiger partial charge is 0.250 e. The van der Waals surface area contributed by atoms with Crippen molar-refractivity contribution < 1.29 is 4.74 Å². The molecule has 2 N–H and O–H groups in total. The van der Waals surface area contributed by atoms with Crippen molar-refractivity contribution in [1.82, 2.24) is 19.9 Å². The third-order valence-corrected chi connectivity index (χ3v) is 3.52. The molecule has 20 heavy (non-hydrogen) atoms. The Morgan fingerprint density at radius 2 is 2.15 bits per heavy atom. The maximum atomic E-state index is 5.90. The molecule has 7 heteroatoms. The summed E-state index contributed by atoms with van der Waals surface area (Å²) in [4.78, 5) is 15.8. The third kappa shape index (κ3) is 2.53. The number of nitrogens with one attached hydrogen (secondary N) is 2. The lowest BCUT2D eigenvalue weighted by Gasteiger charge is -2.09. The summed E-state index contributed by atoms with van der Waals surface area (Å²) in [5.74, 6) is 1.73. The van der Waals surface area contributed by atoms with Gasteiger partial charge in [0.1, 0.15) is 11.3 Å². The Bertz CT molecular complexity index is 742. The van der Waals surface area contributed by atoms with Gasteiger partial charge in [0.05, 0.1) is 9.90 Å². The monoisotopic (exact) mass is 381 g/mol. The number of nitrogens with zero attached hydrogens (tertiary/aromatic N) is 3. The molecule has 6 nitrogen and oxygen atoms in total. The minimum absolute atomic E-state index is 0.465. The van der Waals surface area contributed by atoms with Gasteiger partial charge in [-0.1, -0.05) is 12.1 Å². The fraction of sp³-hybridized carbons (Fsp3) is 0.154. The summed E-state index contributed by atoms with van der Waals surface area (Å²) in [5.41, 5.74) is 1.27. The molecular formula is C13H12IN5O. The predicted octanol–water partition coefficient (Wildman–Crippen LogP) is 3.18. The van der Waals surface area contributed by atoms with Gasteiger partial charge in [-0.2, -0.15) is 9.97 Å². The molecule has 0 bridgehead atoms. The van der Waals surface area contributed by atoms with Crippen molar-refractivity contribution in [2.45, 2.75) is 6.92 Å². The summed E-state index contributed by atoms with van der Waals surface area (Å²) in [7, 11) is 0. The number of ether oxygens (including phenoxy) is 1. The van der Waals surface area contributed by atoms with Gasteiger partial charge in [-0.05, 0) is 41.6 Å². The number of halogens is 1. The van der Waals surface area contributed by atoms with Crippen molar-refractivity contribution in [3.63, 3.8) is 0 Å². The van der Waals surface area contributed by atoms with Crippen molar-refractivity contribution in [3.05, 3.63) is 34.2 Å². The normalized spacial score (nSPS) is 10.7. The summed E-state index contributed by atoms with van der Waals surface area (Å²) in [6.45, 7) is 2.72. The van der Waals surface area contributed by atoms with E-state index in [4.69, 9.17) is 4.74 Å². The fourth-order valence-electron chi connectivity index (χ4n) is 1.75. The molecule has 102 valence electrons. The van der Waals surface area contributed by atoms with Crippen molar-refractivity contribution >= 4 is 39.7 Å². The van der Waals surface area contributed by atoms with Gasteiger partial charge in [0.2, 0.25) is 5.95 Å². The first-order chi connectivity index (χ1) is 9.78. The standard InChI is InChI=1S/C13H12IN5O/c1-2-15-13-18-11-10(16-7-17-11)12(19-13)20-9-6-4-3-5-8(9)14/h3-7H,2H2,1H3,(H2,15,16,17,18,19). The van der Waals surface area contributed by atoms with E-state index in [1.54, 1.807) is 6.33 Å². The van der Waals surface area contributed by atoms with Crippen LogP contribution in [-0.4, -0.2) is 26.5 Å². The number of para-hydroxylation sites is 1. The van der Waals surface area contributed by atoms with E-state index in [1.165, 1.54) is 0 Å². The molecule has 0 radical (unpaired) electrons. The fourth-order valence-corrected chi connectivity index (χ4v) is 2.25. The molecule has 0 amide bonds. The Hall–Kier alpha value is -1.90. The third-order valence-electron chi connectivity index (χ3n) is 2.63. The highest BCUT2D eigenvalue weighted by Crippen LogP contribution is 2.29. The summed E-state index contributed by atoms with van der Waals surface area (Å²) < 4.78 is 6.91. The summed E-state index contributed by atoms with van der Waals surface area (Å²) >= 11 is 2.22. The maximum Gasteiger partial charge on any atom is 0.250 e. The SMILES string of the molecule is CCNc1nc(Oc2ccccc2I)c2[nH]cnc2n1. The first kappa shape index (κ1) is 13.1. The number of hydrogen-bond donors (Lipinski definition) is 2. The summed E-state index contributed by atoms with van der Waals surface area (Å²) in [6, 6.07) is 7.77. The Labute approximate surface area is 129 Å². The average molecular weight is 381 g/mol. The Kier molecular flexibility index (Phi) is 3.68. The van der Waals surface area contributed by atoms with Gasteiger partial charge in [-0.3, -0.25) is 0 Å². The van der Waals surface area contributed by atoms with Crippen LogP contribution in [0.1, 0.15) is 6.92 Å². The van der Waals surface area contributed by atoms with Crippen molar-refractivity contribution in [1.29, 1.82) is 0 Å². The number of aromatic amines is 1. The van der Waals surface area contributed by atoms with Crippen LogP contribution in [0.5, 0.6) is 11.6 Å². The first-order valence-corrected chi connectivity index (χ1v) is 7.23. The van der Waals surface area contributed by atoms with E-state index >= 15 is 0 Å². The molecule has 2 heterocycles. The zero-order valence-electron chi connectivity index (χ0n) is 10.7. The lowest BCUT2D eigenvalue weighted by Crippen LogP contribution is -2.03. The molecule has 0 atom stereocenters. The highest BCUT2D eigenvalue weighted by atomic mass is 127. The van der Waals surface area contributed by atoms with Crippen LogP contribution in [-0.2, 0) is 0 Å². The molecule has 0 aliphatic heterocycles. The molecule has 3 aromatic rings. The van der Waals surface area contributed by atoms with Gasteiger partial charge in [0, 0.05) is 6.54 Å². The van der Waals surface area contributed by atoms with Crippen molar-refractivity contribution in [2.24, 2.45) is 0 Å². The molecule has 3 rings (SSSR count). The number of benzene rings is 1. The maximum absolute atomic E-state index is 5.90. The first-order valence-electron chi connectivity index (χ1n) is 6.15. The number of aromatic nitrogens is 4. The van der Waals surface area contributed by atoms with E-state index in [-0.39, 0.29) is 0 Å². The van der Waals surface area contributed by atoms with Gasteiger partial charge in [0.25, 0.3) is 5.88 Å². The molecule has 2 aromatic heterocycles. The number of imidazole rings is 1. The van der Waals surface area contributed by atoms with Crippen LogP contribution in [0.15, 0.2) is 30.6 Å². The number of anilines is 1. The van der Waals surface area contributed by atoms with E-state index in [1.807, 2.05) is 31.2 Å². The Morgan fingerprint density at radius 1 is 1.30 bits per heavy atom. The minimum Gasteiger partial charge on any atom is -0.436 e. The second-order valence-electron chi connectivity index (χ2n) is 4.02. The molecule has 0 spiro atoms. The molecule has 1 aromatic carbocycles. The number of H-pyrrole nitrogens is 1. The van der Waals surface area contributed by atoms with Crippen LogP contribution >= 0.6 is 22.6 Å². The Morgan fingerprint density at radius 3 is 2.95 bits per heavy atom. The second-order valence-corrected chi connectivity index (χ2v) is 5.18. The molecule has 0 saturated heterocycles. The predicted molar refractivity (Wildman–Crippen MR) is 85.1 cm³/mol. The van der Waals surface area contributed by atoms with Gasteiger partial charge in [-0.25, -0.2) is 4.98 Å². The summed E-state index contributed by atoms with van der Waals surface area (Å²) in [6.07, 6.45) is 1.58. The number of rotatable bonds is 4. The minimum atomic E-state index is 0.465. The highest BCUT2D eigenvalue weighted by Gasteiger charge is 2.12. The summed E-state index contributed by atoms with van der Waals surface area (Å²) in [5, 5.41) is 3.07. The topological polar surface area (TPSA) is 75.7 Å². The molecular weight excluding hydrogens is 369 g/mol. The van der Waals surface area contributed by atoms with Crippen LogP contribution in [0.2, 0.25) is 0 Å². The molecule has 0 aliphatic carbocycles. The average Bonchev–Trinajstić information content (AvgIpc) is 2.90. The zero-order chi connectivity index (χ0) is 13.9. The van der Waals surface area contributed by atoms with E-state index in [9.17, 15) is 0 Å². The van der Waals surface area contributed by atoms with E-state index in [0.717, 1.165) is 15.9 Å². The van der Waals surface area contributed by atoms with Gasteiger partial charge in [0.15, 0.2) is 5.65 Å². The molecule has 0 saturated carbocycles.